The van der Waals surface area contributed by atoms with Gasteiger partial charge in [-0.3, -0.25) is 0 Å². The average Bonchev–Trinajstić information content (AvgIpc) is 2.90. The van der Waals surface area contributed by atoms with Gasteiger partial charge in [-0.25, -0.2) is 4.39 Å². The Balaban J connectivity index is 2.27. The van der Waals surface area contributed by atoms with Crippen LogP contribution >= 0.6 is 0 Å². The van der Waals surface area contributed by atoms with E-state index >= 15 is 0 Å². The number of benzene rings is 1. The molecule has 1 aromatic rings. The molecule has 0 saturated heterocycles. The van der Waals surface area contributed by atoms with Gasteiger partial charge in [-0.2, -0.15) is 13.2 Å². The molecule has 1 N–H and O–H groups in total. The van der Waals surface area contributed by atoms with E-state index in [2.05, 4.69) is 5.32 Å². The van der Waals surface area contributed by atoms with Gasteiger partial charge >= 0.3 is 6.18 Å². The summed E-state index contributed by atoms with van der Waals surface area (Å²) in [6.45, 7) is 0. The zero-order valence-electron chi connectivity index (χ0n) is 7.74. The van der Waals surface area contributed by atoms with Gasteiger partial charge in [0.05, 0.1) is 5.56 Å². The molecule has 1 aliphatic rings. The Morgan fingerprint density at radius 1 is 1.20 bits per heavy atom. The first kappa shape index (κ1) is 10.3. The van der Waals surface area contributed by atoms with Gasteiger partial charge in [-0.1, -0.05) is 0 Å². The predicted octanol–water partition coefficient (Wildman–Crippen LogP) is 3.42. The van der Waals surface area contributed by atoms with Crippen molar-refractivity contribution in [1.82, 2.24) is 0 Å². The van der Waals surface area contributed by atoms with E-state index in [1.165, 1.54) is 6.07 Å². The molecule has 0 amide bonds. The largest absolute Gasteiger partial charge is 0.419 e. The van der Waals surface area contributed by atoms with Crippen molar-refractivity contribution in [2.75, 3.05) is 5.32 Å². The minimum absolute atomic E-state index is 0.247. The summed E-state index contributed by atoms with van der Waals surface area (Å²) in [5.74, 6) is -1.23. The van der Waals surface area contributed by atoms with Crippen LogP contribution in [-0.4, -0.2) is 6.04 Å². The number of halogens is 4. The van der Waals surface area contributed by atoms with Crippen LogP contribution in [0.15, 0.2) is 18.2 Å². The maximum atomic E-state index is 12.9. The van der Waals surface area contributed by atoms with Crippen LogP contribution in [0.2, 0.25) is 0 Å². The Morgan fingerprint density at radius 3 is 2.40 bits per heavy atom. The van der Waals surface area contributed by atoms with Gasteiger partial charge in [0.1, 0.15) is 5.82 Å². The summed E-state index contributed by atoms with van der Waals surface area (Å²) in [5.41, 5.74) is -0.889. The maximum absolute atomic E-state index is 12.9. The van der Waals surface area contributed by atoms with Crippen molar-refractivity contribution in [1.29, 1.82) is 0 Å². The van der Waals surface area contributed by atoms with Gasteiger partial charge in [0.2, 0.25) is 0 Å². The van der Waals surface area contributed by atoms with Crippen LogP contribution in [0.5, 0.6) is 0 Å². The summed E-state index contributed by atoms with van der Waals surface area (Å²) in [7, 11) is 0. The van der Waals surface area contributed by atoms with Crippen LogP contribution in [0, 0.1) is 5.82 Å². The highest BCUT2D eigenvalue weighted by atomic mass is 19.4. The van der Waals surface area contributed by atoms with Crippen LogP contribution in [0.1, 0.15) is 18.4 Å². The van der Waals surface area contributed by atoms with Crippen LogP contribution < -0.4 is 5.32 Å². The summed E-state index contributed by atoms with van der Waals surface area (Å²) in [5, 5.41) is 2.89. The molecule has 5 heteroatoms. The highest BCUT2D eigenvalue weighted by molar-refractivity contribution is 5.48. The quantitative estimate of drug-likeness (QED) is 0.751. The molecule has 0 bridgehead atoms. The van der Waals surface area contributed by atoms with E-state index in [0.29, 0.717) is 5.69 Å². The van der Waals surface area contributed by atoms with Crippen molar-refractivity contribution in [3.8, 4) is 0 Å². The highest BCUT2D eigenvalue weighted by Gasteiger charge is 2.34. The third-order valence-electron chi connectivity index (χ3n) is 2.22. The van der Waals surface area contributed by atoms with E-state index in [4.69, 9.17) is 0 Å². The van der Waals surface area contributed by atoms with Crippen molar-refractivity contribution >= 4 is 5.69 Å². The highest BCUT2D eigenvalue weighted by Crippen LogP contribution is 2.34. The molecule has 1 fully saturated rings. The summed E-state index contributed by atoms with van der Waals surface area (Å²) in [6.07, 6.45) is -2.72. The Morgan fingerprint density at radius 2 is 1.87 bits per heavy atom. The second-order valence-corrected chi connectivity index (χ2v) is 3.61. The molecule has 0 unspecified atom stereocenters. The first-order valence-electron chi connectivity index (χ1n) is 4.60. The number of rotatable bonds is 2. The van der Waals surface area contributed by atoms with Crippen LogP contribution in [0.25, 0.3) is 0 Å². The molecule has 1 nitrogen and oxygen atoms in total. The zero-order valence-corrected chi connectivity index (χ0v) is 7.74. The van der Waals surface area contributed by atoms with Crippen LogP contribution in [-0.2, 0) is 6.18 Å². The van der Waals surface area contributed by atoms with Gasteiger partial charge in [-0.15, -0.1) is 0 Å². The molecule has 15 heavy (non-hydrogen) atoms. The molecule has 0 spiro atoms. The Labute approximate surface area is 84.1 Å². The Bertz CT molecular complexity index is 368. The van der Waals surface area contributed by atoms with Crippen molar-refractivity contribution in [3.05, 3.63) is 29.6 Å². The fourth-order valence-corrected chi connectivity index (χ4v) is 1.30. The Hall–Kier alpha value is -1.26. The molecule has 0 aromatic heterocycles. The topological polar surface area (TPSA) is 12.0 Å². The third-order valence-corrected chi connectivity index (χ3v) is 2.22. The van der Waals surface area contributed by atoms with Crippen LogP contribution in [0.4, 0.5) is 23.2 Å². The first-order valence-corrected chi connectivity index (χ1v) is 4.60. The van der Waals surface area contributed by atoms with E-state index in [9.17, 15) is 17.6 Å². The summed E-state index contributed by atoms with van der Waals surface area (Å²) < 4.78 is 49.8. The van der Waals surface area contributed by atoms with Crippen molar-refractivity contribution in [2.24, 2.45) is 0 Å². The molecule has 0 radical (unpaired) electrons. The molecule has 0 atom stereocenters. The molecule has 0 heterocycles. The summed E-state index contributed by atoms with van der Waals surface area (Å²) in [6, 6.07) is 3.22. The summed E-state index contributed by atoms with van der Waals surface area (Å²) >= 11 is 0. The lowest BCUT2D eigenvalue weighted by atomic mass is 10.2. The van der Waals surface area contributed by atoms with Gasteiger partial charge < -0.3 is 5.32 Å². The summed E-state index contributed by atoms with van der Waals surface area (Å²) in [4.78, 5) is 0. The first-order chi connectivity index (χ1) is 6.97. The molecule has 1 aromatic carbocycles. The lowest BCUT2D eigenvalue weighted by molar-refractivity contribution is -0.139. The zero-order chi connectivity index (χ0) is 11.1. The smallest absolute Gasteiger partial charge is 0.382 e. The third kappa shape index (κ3) is 2.40. The lowest BCUT2D eigenvalue weighted by Crippen LogP contribution is -2.10. The molecule has 1 aliphatic carbocycles. The standard InChI is InChI=1S/C10H9F4N/c11-9-4-3-7(15-6-1-2-6)5-8(9)10(12,13)14/h3-6,15H,1-2H2. The molecule has 1 saturated carbocycles. The normalized spacial score (nSPS) is 16.5. The van der Waals surface area contributed by atoms with Crippen molar-refractivity contribution in [3.63, 3.8) is 0 Å². The monoisotopic (exact) mass is 219 g/mol. The number of hydrogen-bond acceptors (Lipinski definition) is 1. The van der Waals surface area contributed by atoms with E-state index in [0.717, 1.165) is 25.0 Å². The maximum Gasteiger partial charge on any atom is 0.419 e. The fraction of sp³-hybridized carbons (Fsp3) is 0.400. The average molecular weight is 219 g/mol. The number of nitrogens with one attached hydrogen (secondary N) is 1. The molecule has 82 valence electrons. The number of alkyl halides is 3. The van der Waals surface area contributed by atoms with Crippen LogP contribution in [0.3, 0.4) is 0 Å². The van der Waals surface area contributed by atoms with E-state index in [1.807, 2.05) is 0 Å². The number of anilines is 1. The van der Waals surface area contributed by atoms with E-state index in [-0.39, 0.29) is 6.04 Å². The van der Waals surface area contributed by atoms with Gasteiger partial charge in [0.25, 0.3) is 0 Å². The minimum Gasteiger partial charge on any atom is -0.382 e. The van der Waals surface area contributed by atoms with Crippen molar-refractivity contribution < 1.29 is 17.6 Å². The Kier molecular flexibility index (Phi) is 2.32. The number of hydrogen-bond donors (Lipinski definition) is 1. The molecular formula is C10H9F4N. The van der Waals surface area contributed by atoms with Gasteiger partial charge in [-0.05, 0) is 31.0 Å². The van der Waals surface area contributed by atoms with E-state index in [1.54, 1.807) is 0 Å². The van der Waals surface area contributed by atoms with E-state index < -0.39 is 17.6 Å². The molecule has 0 aliphatic heterocycles. The molecule has 2 rings (SSSR count). The predicted molar refractivity (Wildman–Crippen MR) is 48.0 cm³/mol. The fourth-order valence-electron chi connectivity index (χ4n) is 1.30. The molecular weight excluding hydrogens is 210 g/mol. The second-order valence-electron chi connectivity index (χ2n) is 3.61. The SMILES string of the molecule is Fc1ccc(NC2CC2)cc1C(F)(F)F. The minimum atomic E-state index is -4.63. The lowest BCUT2D eigenvalue weighted by Gasteiger charge is -2.10. The van der Waals surface area contributed by atoms with Gasteiger partial charge in [0, 0.05) is 11.7 Å². The van der Waals surface area contributed by atoms with Gasteiger partial charge in [0.15, 0.2) is 0 Å². The van der Waals surface area contributed by atoms with Crippen molar-refractivity contribution in [2.45, 2.75) is 25.1 Å². The second kappa shape index (κ2) is 3.40.